The fourth-order valence-corrected chi connectivity index (χ4v) is 8.19. The topological polar surface area (TPSA) is 106 Å². The highest BCUT2D eigenvalue weighted by atomic mass is 16.7. The molecule has 2 fully saturated rings. The van der Waals surface area contributed by atoms with Gasteiger partial charge in [-0.05, 0) is 69.6 Å². The molecule has 0 bridgehead atoms. The molecule has 1 aliphatic heterocycles. The number of Topliss-reactive ketones (excluding diaryl/α,β-unsaturated/α-hetero) is 3. The molecule has 1 saturated carbocycles. The summed E-state index contributed by atoms with van der Waals surface area (Å²) in [6.45, 7) is 5.42. The molecule has 0 amide bonds. The number of methoxy groups -OCH3 is 2. The Bertz CT molecular complexity index is 2080. The van der Waals surface area contributed by atoms with Crippen LogP contribution in [0.5, 0.6) is 0 Å². The molecule has 9 nitrogen and oxygen atoms in total. The lowest BCUT2D eigenvalue weighted by molar-refractivity contribution is -0.176. The molecule has 0 spiro atoms. The van der Waals surface area contributed by atoms with E-state index in [-0.39, 0.29) is 17.3 Å². The van der Waals surface area contributed by atoms with Gasteiger partial charge in [0.1, 0.15) is 5.60 Å². The van der Waals surface area contributed by atoms with Gasteiger partial charge in [0.15, 0.2) is 11.6 Å². The quantitative estimate of drug-likeness (QED) is 0.0867. The van der Waals surface area contributed by atoms with E-state index in [2.05, 4.69) is 41.0 Å². The lowest BCUT2D eigenvalue weighted by Crippen LogP contribution is -2.52. The van der Waals surface area contributed by atoms with E-state index in [1.54, 1.807) is 24.3 Å². The number of aliphatic hydroxyl groups is 1. The fourth-order valence-electron chi connectivity index (χ4n) is 8.19. The summed E-state index contributed by atoms with van der Waals surface area (Å²) >= 11 is 0. The monoisotopic (exact) mass is 826 g/mol. The molecular weight excluding hydrogens is 765 g/mol. The first-order valence-corrected chi connectivity index (χ1v) is 21.3. The molecule has 7 rings (SSSR count). The summed E-state index contributed by atoms with van der Waals surface area (Å²) in [5.74, 6) is -1.54. The van der Waals surface area contributed by atoms with Crippen LogP contribution in [-0.2, 0) is 26.4 Å². The van der Waals surface area contributed by atoms with Crippen molar-refractivity contribution in [2.75, 3.05) is 59.5 Å². The molecule has 1 heterocycles. The summed E-state index contributed by atoms with van der Waals surface area (Å²) in [7, 11) is 6.95. The Labute approximate surface area is 362 Å². The molecule has 2 aliphatic rings. The Morgan fingerprint density at radius 1 is 0.656 bits per heavy atom. The second-order valence-corrected chi connectivity index (χ2v) is 15.8. The number of hydrogen-bond acceptors (Lipinski definition) is 9. The normalized spacial score (nSPS) is 15.9. The first-order chi connectivity index (χ1) is 29.5. The molecule has 1 N–H and O–H groups in total. The van der Waals surface area contributed by atoms with Crippen LogP contribution in [0.25, 0.3) is 0 Å². The summed E-state index contributed by atoms with van der Waals surface area (Å²) in [6.07, 6.45) is 5.73. The van der Waals surface area contributed by atoms with E-state index in [0.717, 1.165) is 63.2 Å². The van der Waals surface area contributed by atoms with Crippen molar-refractivity contribution < 1.29 is 33.7 Å². The van der Waals surface area contributed by atoms with Gasteiger partial charge in [0.2, 0.25) is 5.78 Å². The smallest absolute Gasteiger partial charge is 0.260 e. The molecule has 61 heavy (non-hydrogen) atoms. The van der Waals surface area contributed by atoms with Crippen molar-refractivity contribution in [2.24, 2.45) is 0 Å². The predicted octanol–water partition coefficient (Wildman–Crippen LogP) is 9.24. The van der Waals surface area contributed by atoms with Gasteiger partial charge in [0.05, 0.1) is 18.8 Å². The van der Waals surface area contributed by atoms with E-state index in [4.69, 9.17) is 14.2 Å². The zero-order valence-electron chi connectivity index (χ0n) is 36.4. The summed E-state index contributed by atoms with van der Waals surface area (Å²) in [6, 6.07) is 45.6. The lowest BCUT2D eigenvalue weighted by Gasteiger charge is -2.38. The Kier molecular flexibility index (Phi) is 17.3. The third-order valence-electron chi connectivity index (χ3n) is 11.9. The Morgan fingerprint density at radius 3 is 1.62 bits per heavy atom. The molecule has 322 valence electrons. The number of carbonyl (C=O) groups is 3. The average Bonchev–Trinajstić information content (AvgIpc) is 3.33. The lowest BCUT2D eigenvalue weighted by atomic mass is 9.79. The zero-order valence-corrected chi connectivity index (χ0v) is 36.4. The van der Waals surface area contributed by atoms with Crippen molar-refractivity contribution in [2.45, 2.75) is 68.8 Å². The molecule has 0 radical (unpaired) electrons. The van der Waals surface area contributed by atoms with Gasteiger partial charge in [-0.1, -0.05) is 148 Å². The van der Waals surface area contributed by atoms with E-state index < -0.39 is 16.9 Å². The van der Waals surface area contributed by atoms with Crippen LogP contribution < -0.4 is 4.90 Å². The van der Waals surface area contributed by atoms with Crippen LogP contribution in [0.1, 0.15) is 87.6 Å². The summed E-state index contributed by atoms with van der Waals surface area (Å²) in [5, 5.41) is 10.2. The molecule has 5 aromatic rings. The van der Waals surface area contributed by atoms with Gasteiger partial charge < -0.3 is 24.2 Å². The molecule has 9 heteroatoms. The minimum atomic E-state index is -1.40. The van der Waals surface area contributed by atoms with Crippen LogP contribution in [0.2, 0.25) is 0 Å². The Morgan fingerprint density at radius 2 is 1.13 bits per heavy atom. The van der Waals surface area contributed by atoms with Gasteiger partial charge in [0.25, 0.3) is 5.79 Å². The van der Waals surface area contributed by atoms with E-state index in [9.17, 15) is 19.5 Å². The first kappa shape index (κ1) is 46.8. The van der Waals surface area contributed by atoms with Gasteiger partial charge in [0, 0.05) is 55.3 Å². The zero-order chi connectivity index (χ0) is 43.7. The predicted molar refractivity (Wildman–Crippen MR) is 242 cm³/mol. The summed E-state index contributed by atoms with van der Waals surface area (Å²) < 4.78 is 16.3. The second-order valence-electron chi connectivity index (χ2n) is 15.8. The highest BCUT2D eigenvalue weighted by Gasteiger charge is 2.42. The van der Waals surface area contributed by atoms with Gasteiger partial charge in [-0.25, -0.2) is 0 Å². The third-order valence-corrected chi connectivity index (χ3v) is 11.9. The maximum atomic E-state index is 13.6. The molecule has 0 aromatic heterocycles. The Balaban J connectivity index is 0.000000182. The second kappa shape index (κ2) is 22.5. The van der Waals surface area contributed by atoms with Crippen molar-refractivity contribution in [1.82, 2.24) is 4.90 Å². The minimum absolute atomic E-state index is 0.109. The molecule has 1 aliphatic carbocycles. The van der Waals surface area contributed by atoms with Crippen molar-refractivity contribution in [3.8, 4) is 0 Å². The standard InChI is InChI=1S/C23H30N2O2.C16H16O3.C13H16O2/c1-4-23(24(2)3,18-19-8-6-5-7-9-19)22(26)20-10-12-21(13-11-20)25-14-16-27-17-15-25;1-18-16(19-2,14-11-7-4-8-12-14)15(17)13-9-5-3-6-10-13;14-12(11-7-3-1-4-8-11)13(15)9-5-2-6-10-13/h5-13H,4,14-18H2,1-3H3;3-12H,1-2H3;1,3-4,7-8,15H,2,5-6,9-10H2. The van der Waals surface area contributed by atoms with Crippen molar-refractivity contribution in [3.63, 3.8) is 0 Å². The number of ketones is 3. The number of benzene rings is 5. The highest BCUT2D eigenvalue weighted by Crippen LogP contribution is 2.32. The molecule has 1 atom stereocenters. The number of likely N-dealkylation sites (N-methyl/N-ethyl adjacent to an activating group) is 1. The van der Waals surface area contributed by atoms with Crippen LogP contribution in [0.3, 0.4) is 0 Å². The van der Waals surface area contributed by atoms with Crippen LogP contribution in [0.15, 0.2) is 146 Å². The van der Waals surface area contributed by atoms with Crippen LogP contribution >= 0.6 is 0 Å². The number of nitrogens with zero attached hydrogens (tertiary/aromatic N) is 2. The van der Waals surface area contributed by atoms with E-state index in [0.29, 0.717) is 36.0 Å². The molecule has 5 aromatic carbocycles. The number of anilines is 1. The average molecular weight is 827 g/mol. The number of rotatable bonds is 14. The first-order valence-electron chi connectivity index (χ1n) is 21.3. The van der Waals surface area contributed by atoms with Crippen LogP contribution in [0, 0.1) is 0 Å². The van der Waals surface area contributed by atoms with Crippen molar-refractivity contribution in [3.05, 3.63) is 173 Å². The van der Waals surface area contributed by atoms with E-state index >= 15 is 0 Å². The molecular formula is C52H62N2O7. The largest absolute Gasteiger partial charge is 0.382 e. The maximum Gasteiger partial charge on any atom is 0.260 e. The van der Waals surface area contributed by atoms with Gasteiger partial charge in [-0.2, -0.15) is 0 Å². The number of hydrogen-bond donors (Lipinski definition) is 1. The molecule has 1 saturated heterocycles. The maximum absolute atomic E-state index is 13.6. The van der Waals surface area contributed by atoms with Crippen molar-refractivity contribution >= 4 is 23.0 Å². The van der Waals surface area contributed by atoms with Gasteiger partial charge in [-0.3, -0.25) is 19.3 Å². The molecule has 1 unspecified atom stereocenters. The summed E-state index contributed by atoms with van der Waals surface area (Å²) in [5.41, 5.74) is 3.34. The van der Waals surface area contributed by atoms with Crippen molar-refractivity contribution in [1.29, 1.82) is 0 Å². The number of carbonyl (C=O) groups excluding carboxylic acids is 3. The third kappa shape index (κ3) is 11.6. The van der Waals surface area contributed by atoms with E-state index in [1.165, 1.54) is 19.8 Å². The van der Waals surface area contributed by atoms with E-state index in [1.807, 2.05) is 111 Å². The van der Waals surface area contributed by atoms with Crippen LogP contribution in [-0.4, -0.2) is 93.1 Å². The minimum Gasteiger partial charge on any atom is -0.382 e. The SMILES string of the molecule is CCC(Cc1ccccc1)(C(=O)c1ccc(N2CCOCC2)cc1)N(C)C.COC(OC)(C(=O)c1ccccc1)c1ccccc1.O=C(c1ccccc1)C1(O)CCCCC1. The summed E-state index contributed by atoms with van der Waals surface area (Å²) in [4.78, 5) is 42.7. The number of morpholine rings is 1. The Hall–Kier alpha value is -5.29. The fraction of sp³-hybridized carbons (Fsp3) is 0.365. The van der Waals surface area contributed by atoms with Gasteiger partial charge >= 0.3 is 0 Å². The highest BCUT2D eigenvalue weighted by molar-refractivity contribution is 6.04. The number of ether oxygens (including phenoxy) is 3. The van der Waals surface area contributed by atoms with Crippen LogP contribution in [0.4, 0.5) is 5.69 Å². The van der Waals surface area contributed by atoms with Gasteiger partial charge in [-0.15, -0.1) is 0 Å².